The number of nitrogens with two attached hydrogens (primary N) is 1. The van der Waals surface area contributed by atoms with Crippen LogP contribution in [0.3, 0.4) is 0 Å². The lowest BCUT2D eigenvalue weighted by Crippen LogP contribution is -2.30. The number of carbonyl (C=O) groups is 1. The fraction of sp³-hybridized carbons (Fsp3) is 0.333. The zero-order chi connectivity index (χ0) is 13.0. The number of aromatic nitrogens is 2. The van der Waals surface area contributed by atoms with Crippen molar-refractivity contribution in [3.63, 3.8) is 0 Å². The van der Waals surface area contributed by atoms with Crippen LogP contribution in [-0.4, -0.2) is 15.5 Å². The molecule has 3 N–H and O–H groups in total. The van der Waals surface area contributed by atoms with Gasteiger partial charge in [0.2, 0.25) is 0 Å². The molecule has 5 nitrogen and oxygen atoms in total. The maximum Gasteiger partial charge on any atom is 0.275 e. The Labute approximate surface area is 110 Å². The Balaban J connectivity index is 2.21. The lowest BCUT2D eigenvalue weighted by molar-refractivity contribution is 0.0957. The first-order valence-electron chi connectivity index (χ1n) is 5.83. The van der Waals surface area contributed by atoms with E-state index in [9.17, 15) is 4.79 Å². The first-order valence-corrected chi connectivity index (χ1v) is 6.71. The van der Waals surface area contributed by atoms with Crippen LogP contribution in [0.5, 0.6) is 0 Å². The van der Waals surface area contributed by atoms with Gasteiger partial charge < -0.3 is 4.57 Å². The lowest BCUT2D eigenvalue weighted by Gasteiger charge is -2.07. The molecule has 96 valence electrons. The van der Waals surface area contributed by atoms with E-state index in [1.807, 2.05) is 17.6 Å². The lowest BCUT2D eigenvalue weighted by atomic mass is 10.2. The number of carbonyl (C=O) groups excluding carboxylic acids is 1. The van der Waals surface area contributed by atoms with Crippen molar-refractivity contribution >= 4 is 17.2 Å². The van der Waals surface area contributed by atoms with E-state index in [0.29, 0.717) is 11.4 Å². The molecule has 0 bridgehead atoms. The molecule has 2 aromatic rings. The summed E-state index contributed by atoms with van der Waals surface area (Å²) in [5.74, 6) is 5.98. The number of hydrazine groups is 1. The van der Waals surface area contributed by atoms with Crippen LogP contribution in [0.2, 0.25) is 0 Å². The van der Waals surface area contributed by atoms with Crippen molar-refractivity contribution in [1.29, 1.82) is 0 Å². The molecule has 1 amide bonds. The number of hydrogen-bond acceptors (Lipinski definition) is 4. The van der Waals surface area contributed by atoms with Gasteiger partial charge in [0.15, 0.2) is 0 Å². The van der Waals surface area contributed by atoms with Crippen molar-refractivity contribution in [1.82, 2.24) is 15.0 Å². The second kappa shape index (κ2) is 5.79. The molecule has 0 aliphatic rings. The van der Waals surface area contributed by atoms with Gasteiger partial charge in [-0.05, 0) is 23.4 Å². The zero-order valence-corrected chi connectivity index (χ0v) is 11.0. The molecule has 2 heterocycles. The maximum atomic E-state index is 11.6. The van der Waals surface area contributed by atoms with Crippen molar-refractivity contribution < 1.29 is 4.79 Å². The van der Waals surface area contributed by atoms with Gasteiger partial charge in [-0.3, -0.25) is 10.2 Å². The summed E-state index contributed by atoms with van der Waals surface area (Å²) in [5.41, 5.74) is 3.14. The number of thiophene rings is 1. The first kappa shape index (κ1) is 12.8. The highest BCUT2D eigenvalue weighted by Crippen LogP contribution is 2.18. The van der Waals surface area contributed by atoms with Gasteiger partial charge in [-0.25, -0.2) is 10.8 Å². The summed E-state index contributed by atoms with van der Waals surface area (Å²) in [6, 6.07) is 1.95. The number of imidazole rings is 1. The predicted octanol–water partition coefficient (Wildman–Crippen LogP) is 1.55. The number of amides is 1. The normalized spacial score (nSPS) is 10.6. The van der Waals surface area contributed by atoms with Crippen LogP contribution in [0.25, 0.3) is 0 Å². The van der Waals surface area contributed by atoms with Gasteiger partial charge in [0.05, 0.1) is 11.4 Å². The molecular formula is C12H16N4OS. The minimum atomic E-state index is -0.239. The third-order valence-corrected chi connectivity index (χ3v) is 3.66. The molecule has 0 fully saturated rings. The summed E-state index contributed by atoms with van der Waals surface area (Å²) < 4.78 is 2.07. The molecule has 2 aromatic heterocycles. The SMILES string of the molecule is CCCc1nccn1Cc1ccsc1C(=O)NN. The minimum Gasteiger partial charge on any atom is -0.330 e. The zero-order valence-electron chi connectivity index (χ0n) is 10.2. The summed E-state index contributed by atoms with van der Waals surface area (Å²) in [7, 11) is 0. The van der Waals surface area contributed by atoms with Gasteiger partial charge in [-0.2, -0.15) is 0 Å². The van der Waals surface area contributed by atoms with E-state index in [-0.39, 0.29) is 5.91 Å². The number of aryl methyl sites for hydroxylation is 1. The van der Waals surface area contributed by atoms with Crippen LogP contribution in [0, 0.1) is 0 Å². The van der Waals surface area contributed by atoms with Crippen LogP contribution in [0.15, 0.2) is 23.8 Å². The van der Waals surface area contributed by atoms with Crippen LogP contribution in [-0.2, 0) is 13.0 Å². The van der Waals surface area contributed by atoms with E-state index in [2.05, 4.69) is 21.9 Å². The monoisotopic (exact) mass is 264 g/mol. The summed E-state index contributed by atoms with van der Waals surface area (Å²) >= 11 is 1.40. The van der Waals surface area contributed by atoms with Crippen LogP contribution < -0.4 is 11.3 Å². The highest BCUT2D eigenvalue weighted by molar-refractivity contribution is 7.12. The van der Waals surface area contributed by atoms with Gasteiger partial charge in [-0.15, -0.1) is 11.3 Å². The van der Waals surface area contributed by atoms with Crippen LogP contribution in [0.1, 0.15) is 34.4 Å². The van der Waals surface area contributed by atoms with E-state index in [1.165, 1.54) is 11.3 Å². The standard InChI is InChI=1S/C12H16N4OS/c1-2-3-10-14-5-6-16(10)8-9-4-7-18-11(9)12(17)15-13/h4-7H,2-3,8,13H2,1H3,(H,15,17). The van der Waals surface area contributed by atoms with E-state index < -0.39 is 0 Å². The molecule has 0 saturated carbocycles. The number of nitrogens with one attached hydrogen (secondary N) is 1. The third-order valence-electron chi connectivity index (χ3n) is 2.70. The third kappa shape index (κ3) is 2.60. The van der Waals surface area contributed by atoms with Gasteiger partial charge in [0, 0.05) is 18.8 Å². The molecule has 0 unspecified atom stereocenters. The van der Waals surface area contributed by atoms with Crippen molar-refractivity contribution in [2.24, 2.45) is 5.84 Å². The van der Waals surface area contributed by atoms with Crippen molar-refractivity contribution in [2.45, 2.75) is 26.3 Å². The van der Waals surface area contributed by atoms with Crippen LogP contribution >= 0.6 is 11.3 Å². The number of nitrogen functional groups attached to an aromatic ring is 1. The number of rotatable bonds is 5. The van der Waals surface area contributed by atoms with E-state index >= 15 is 0 Å². The highest BCUT2D eigenvalue weighted by atomic mass is 32.1. The smallest absolute Gasteiger partial charge is 0.275 e. The van der Waals surface area contributed by atoms with E-state index in [0.717, 1.165) is 24.2 Å². The van der Waals surface area contributed by atoms with Gasteiger partial charge in [0.25, 0.3) is 5.91 Å². The molecule has 2 rings (SSSR count). The Morgan fingerprint density at radius 2 is 2.44 bits per heavy atom. The van der Waals surface area contributed by atoms with Crippen molar-refractivity contribution in [3.05, 3.63) is 40.1 Å². The average Bonchev–Trinajstić information content (AvgIpc) is 3.00. The highest BCUT2D eigenvalue weighted by Gasteiger charge is 2.13. The Hall–Kier alpha value is -1.66. The average molecular weight is 264 g/mol. The quantitative estimate of drug-likeness (QED) is 0.489. The van der Waals surface area contributed by atoms with Gasteiger partial charge in [0.1, 0.15) is 5.82 Å². The molecule has 18 heavy (non-hydrogen) atoms. The largest absolute Gasteiger partial charge is 0.330 e. The van der Waals surface area contributed by atoms with E-state index in [4.69, 9.17) is 5.84 Å². The summed E-state index contributed by atoms with van der Waals surface area (Å²) in [5, 5.41) is 1.90. The Bertz CT molecular complexity index is 532. The summed E-state index contributed by atoms with van der Waals surface area (Å²) in [6.07, 6.45) is 5.72. The minimum absolute atomic E-state index is 0.239. The number of nitrogens with zero attached hydrogens (tertiary/aromatic N) is 2. The van der Waals surface area contributed by atoms with Crippen LogP contribution in [0.4, 0.5) is 0 Å². The molecule has 0 aliphatic heterocycles. The molecule has 0 aliphatic carbocycles. The molecule has 0 radical (unpaired) electrons. The Kier molecular flexibility index (Phi) is 4.11. The Morgan fingerprint density at radius 1 is 1.61 bits per heavy atom. The predicted molar refractivity (Wildman–Crippen MR) is 71.3 cm³/mol. The molecular weight excluding hydrogens is 248 g/mol. The number of hydrogen-bond donors (Lipinski definition) is 2. The molecule has 6 heteroatoms. The van der Waals surface area contributed by atoms with E-state index in [1.54, 1.807) is 6.20 Å². The fourth-order valence-electron chi connectivity index (χ4n) is 1.84. The molecule has 0 spiro atoms. The summed E-state index contributed by atoms with van der Waals surface area (Å²) in [6.45, 7) is 2.78. The van der Waals surface area contributed by atoms with Gasteiger partial charge in [-0.1, -0.05) is 6.92 Å². The van der Waals surface area contributed by atoms with Crippen molar-refractivity contribution in [2.75, 3.05) is 0 Å². The topological polar surface area (TPSA) is 72.9 Å². The second-order valence-electron chi connectivity index (χ2n) is 3.97. The fourth-order valence-corrected chi connectivity index (χ4v) is 2.66. The Morgan fingerprint density at radius 3 is 3.17 bits per heavy atom. The molecule has 0 saturated heterocycles. The maximum absolute atomic E-state index is 11.6. The first-order chi connectivity index (χ1) is 8.76. The second-order valence-corrected chi connectivity index (χ2v) is 4.89. The van der Waals surface area contributed by atoms with Crippen molar-refractivity contribution in [3.8, 4) is 0 Å². The van der Waals surface area contributed by atoms with Gasteiger partial charge >= 0.3 is 0 Å². The molecule has 0 atom stereocenters. The molecule has 0 aromatic carbocycles. The summed E-state index contributed by atoms with van der Waals surface area (Å²) in [4.78, 5) is 16.6.